The molecule has 2 aromatic carbocycles. The van der Waals surface area contributed by atoms with E-state index in [-0.39, 0.29) is 28.9 Å². The third kappa shape index (κ3) is 1.92. The van der Waals surface area contributed by atoms with Crippen molar-refractivity contribution < 1.29 is 20.4 Å². The van der Waals surface area contributed by atoms with Crippen molar-refractivity contribution in [3.63, 3.8) is 0 Å². The third-order valence-corrected chi connectivity index (χ3v) is 3.73. The highest BCUT2D eigenvalue weighted by Gasteiger charge is 2.25. The second kappa shape index (κ2) is 4.61. The summed E-state index contributed by atoms with van der Waals surface area (Å²) in [5.41, 5.74) is 2.40. The van der Waals surface area contributed by atoms with Crippen LogP contribution in [-0.4, -0.2) is 27.0 Å². The number of nitrogens with one attached hydrogen (secondary N) is 1. The second-order valence-corrected chi connectivity index (χ2v) is 4.93. The van der Waals surface area contributed by atoms with Crippen LogP contribution >= 0.6 is 0 Å². The molecule has 0 spiro atoms. The Bertz CT molecular complexity index is 669. The summed E-state index contributed by atoms with van der Waals surface area (Å²) in [7, 11) is 0. The van der Waals surface area contributed by atoms with E-state index < -0.39 is 0 Å². The first-order valence-corrected chi connectivity index (χ1v) is 6.34. The number of hydrogen-bond donors (Lipinski definition) is 5. The van der Waals surface area contributed by atoms with Gasteiger partial charge in [0.1, 0.15) is 0 Å². The molecule has 1 atom stereocenters. The summed E-state index contributed by atoms with van der Waals surface area (Å²) in [6.45, 7) is 1.14. The van der Waals surface area contributed by atoms with E-state index >= 15 is 0 Å². The molecular weight excluding hydrogens is 258 g/mol. The van der Waals surface area contributed by atoms with Gasteiger partial charge >= 0.3 is 0 Å². The van der Waals surface area contributed by atoms with Crippen LogP contribution in [0.3, 0.4) is 0 Å². The number of rotatable bonds is 1. The van der Waals surface area contributed by atoms with Crippen molar-refractivity contribution in [3.05, 3.63) is 47.0 Å². The van der Waals surface area contributed by atoms with E-state index in [0.717, 1.165) is 11.1 Å². The van der Waals surface area contributed by atoms with Crippen molar-refractivity contribution in [1.82, 2.24) is 5.32 Å². The molecule has 0 amide bonds. The van der Waals surface area contributed by atoms with Gasteiger partial charge in [0, 0.05) is 24.6 Å². The van der Waals surface area contributed by atoms with Crippen molar-refractivity contribution in [1.29, 1.82) is 0 Å². The fourth-order valence-corrected chi connectivity index (χ4v) is 2.66. The molecule has 1 aliphatic heterocycles. The molecule has 0 saturated heterocycles. The van der Waals surface area contributed by atoms with E-state index in [2.05, 4.69) is 5.32 Å². The van der Waals surface area contributed by atoms with Crippen molar-refractivity contribution in [2.24, 2.45) is 0 Å². The molecule has 20 heavy (non-hydrogen) atoms. The van der Waals surface area contributed by atoms with Crippen LogP contribution in [0.5, 0.6) is 23.0 Å². The van der Waals surface area contributed by atoms with E-state index in [4.69, 9.17) is 0 Å². The maximum Gasteiger partial charge on any atom is 0.162 e. The molecule has 0 fully saturated rings. The molecule has 5 heteroatoms. The lowest BCUT2D eigenvalue weighted by atomic mass is 9.85. The minimum absolute atomic E-state index is 0.0586. The number of hydrogen-bond acceptors (Lipinski definition) is 5. The van der Waals surface area contributed by atoms with Crippen LogP contribution in [0.2, 0.25) is 0 Å². The molecule has 1 heterocycles. The van der Waals surface area contributed by atoms with Crippen molar-refractivity contribution in [3.8, 4) is 23.0 Å². The summed E-state index contributed by atoms with van der Waals surface area (Å²) in [6, 6.07) is 7.94. The van der Waals surface area contributed by atoms with Crippen molar-refractivity contribution in [2.75, 3.05) is 6.54 Å². The van der Waals surface area contributed by atoms with Crippen LogP contribution in [0.15, 0.2) is 30.3 Å². The number of benzene rings is 2. The smallest absolute Gasteiger partial charge is 0.162 e. The van der Waals surface area contributed by atoms with E-state index in [9.17, 15) is 20.4 Å². The fraction of sp³-hybridized carbons (Fsp3) is 0.200. The summed E-state index contributed by atoms with van der Waals surface area (Å²) < 4.78 is 0. The lowest BCUT2D eigenvalue weighted by molar-refractivity contribution is 0.392. The molecule has 5 N–H and O–H groups in total. The van der Waals surface area contributed by atoms with Gasteiger partial charge in [-0.3, -0.25) is 0 Å². The molecule has 0 unspecified atom stereocenters. The number of aromatic hydroxyl groups is 4. The lowest BCUT2D eigenvalue weighted by Gasteiger charge is -2.27. The topological polar surface area (TPSA) is 93.0 Å². The normalized spacial score (nSPS) is 17.7. The molecule has 1 aliphatic rings. The van der Waals surface area contributed by atoms with Crippen molar-refractivity contribution in [2.45, 2.75) is 12.5 Å². The molecular formula is C15H15NO4. The van der Waals surface area contributed by atoms with E-state index in [1.165, 1.54) is 18.2 Å². The second-order valence-electron chi connectivity index (χ2n) is 4.93. The molecule has 5 nitrogen and oxygen atoms in total. The van der Waals surface area contributed by atoms with Crippen LogP contribution in [0.1, 0.15) is 22.6 Å². The van der Waals surface area contributed by atoms with E-state index in [1.807, 2.05) is 0 Å². The zero-order valence-corrected chi connectivity index (χ0v) is 10.7. The molecule has 0 aromatic heterocycles. The van der Waals surface area contributed by atoms with Gasteiger partial charge in [-0.05, 0) is 29.3 Å². The Morgan fingerprint density at radius 2 is 1.65 bits per heavy atom. The van der Waals surface area contributed by atoms with Gasteiger partial charge in [0.05, 0.1) is 0 Å². The number of phenolic OH excluding ortho intramolecular Hbond substituents is 4. The Labute approximate surface area is 115 Å². The molecule has 0 saturated carbocycles. The number of fused-ring (bicyclic) bond motifs is 1. The first-order valence-electron chi connectivity index (χ1n) is 6.34. The van der Waals surface area contributed by atoms with Gasteiger partial charge < -0.3 is 25.7 Å². The van der Waals surface area contributed by atoms with E-state index in [1.54, 1.807) is 12.1 Å². The molecule has 104 valence electrons. The molecule has 3 rings (SSSR count). The van der Waals surface area contributed by atoms with Crippen molar-refractivity contribution >= 4 is 0 Å². The molecule has 0 aliphatic carbocycles. The predicted octanol–water partition coefficient (Wildman–Crippen LogP) is 1.74. The monoisotopic (exact) mass is 273 g/mol. The van der Waals surface area contributed by atoms with Gasteiger partial charge in [0.2, 0.25) is 0 Å². The summed E-state index contributed by atoms with van der Waals surface area (Å²) in [5.74, 6) is -0.636. The summed E-state index contributed by atoms with van der Waals surface area (Å²) in [4.78, 5) is 0. The zero-order chi connectivity index (χ0) is 14.3. The average Bonchev–Trinajstić information content (AvgIpc) is 2.45. The number of phenols is 4. The van der Waals surface area contributed by atoms with Gasteiger partial charge in [-0.1, -0.05) is 12.1 Å². The van der Waals surface area contributed by atoms with Gasteiger partial charge in [-0.15, -0.1) is 0 Å². The largest absolute Gasteiger partial charge is 0.504 e. The minimum Gasteiger partial charge on any atom is -0.504 e. The van der Waals surface area contributed by atoms with Gasteiger partial charge in [-0.2, -0.15) is 0 Å². The minimum atomic E-state index is -0.169. The highest BCUT2D eigenvalue weighted by atomic mass is 16.3. The first-order chi connectivity index (χ1) is 9.58. The zero-order valence-electron chi connectivity index (χ0n) is 10.7. The summed E-state index contributed by atoms with van der Waals surface area (Å²) in [6.07, 6.45) is 0. The average molecular weight is 273 g/mol. The third-order valence-electron chi connectivity index (χ3n) is 3.73. The van der Waals surface area contributed by atoms with Crippen LogP contribution in [0, 0.1) is 0 Å². The van der Waals surface area contributed by atoms with Gasteiger partial charge in [-0.25, -0.2) is 0 Å². The Morgan fingerprint density at radius 1 is 0.900 bits per heavy atom. The first kappa shape index (κ1) is 12.6. The quantitative estimate of drug-likeness (QED) is 0.510. The van der Waals surface area contributed by atoms with Crippen LogP contribution in [-0.2, 0) is 6.54 Å². The Kier molecular flexibility index (Phi) is 2.91. The van der Waals surface area contributed by atoms with Crippen LogP contribution in [0.25, 0.3) is 0 Å². The fourth-order valence-electron chi connectivity index (χ4n) is 2.66. The highest BCUT2D eigenvalue weighted by Crippen LogP contribution is 2.40. The maximum absolute atomic E-state index is 9.93. The van der Waals surface area contributed by atoms with Gasteiger partial charge in [0.15, 0.2) is 23.0 Å². The predicted molar refractivity (Wildman–Crippen MR) is 73.1 cm³/mol. The standard InChI is InChI=1S/C15H15NO4/c17-12-3-1-8(5-14(12)19)10-6-16-7-11-9(10)2-4-13(18)15(11)20/h1-5,10,16-20H,6-7H2/t10-/m0/s1. The molecule has 2 aromatic rings. The highest BCUT2D eigenvalue weighted by molar-refractivity contribution is 5.54. The Balaban J connectivity index is 2.10. The Morgan fingerprint density at radius 3 is 2.40 bits per heavy atom. The maximum atomic E-state index is 9.93. The Hall–Kier alpha value is -2.40. The van der Waals surface area contributed by atoms with Crippen LogP contribution in [0.4, 0.5) is 0 Å². The lowest BCUT2D eigenvalue weighted by Crippen LogP contribution is -2.28. The molecule has 0 radical (unpaired) electrons. The van der Waals surface area contributed by atoms with Gasteiger partial charge in [0.25, 0.3) is 0 Å². The summed E-state index contributed by atoms with van der Waals surface area (Å²) in [5, 5.41) is 41.7. The van der Waals surface area contributed by atoms with Crippen LogP contribution < -0.4 is 5.32 Å². The SMILES string of the molecule is Oc1ccc([C@@H]2CNCc3c2ccc(O)c3O)cc1O. The van der Waals surface area contributed by atoms with E-state index in [0.29, 0.717) is 18.7 Å². The molecule has 0 bridgehead atoms. The summed E-state index contributed by atoms with van der Waals surface area (Å²) >= 11 is 0.